The molecule has 2 aromatic heterocycles. The molecule has 0 radical (unpaired) electrons. The van der Waals surface area contributed by atoms with E-state index in [0.717, 1.165) is 10.7 Å². The zero-order valence-electron chi connectivity index (χ0n) is 16.1. The number of fused-ring (bicyclic) bond motifs is 1. The van der Waals surface area contributed by atoms with E-state index in [2.05, 4.69) is 4.98 Å². The second-order valence-corrected chi connectivity index (χ2v) is 8.00. The normalized spacial score (nSPS) is 15.0. The predicted molar refractivity (Wildman–Crippen MR) is 108 cm³/mol. The second kappa shape index (κ2) is 8.32. The SMILES string of the molecule is COC(=O)C1CCN(C(=O)CCc2csc3nc(-c4ccccc4F)cn23)CC1. The van der Waals surface area contributed by atoms with E-state index in [1.165, 1.54) is 24.5 Å². The van der Waals surface area contributed by atoms with E-state index in [4.69, 9.17) is 4.74 Å². The lowest BCUT2D eigenvalue weighted by atomic mass is 9.97. The third-order valence-corrected chi connectivity index (χ3v) is 6.30. The maximum absolute atomic E-state index is 14.0. The molecule has 1 saturated heterocycles. The number of amides is 1. The topological polar surface area (TPSA) is 63.9 Å². The van der Waals surface area contributed by atoms with Gasteiger partial charge in [-0.05, 0) is 31.4 Å². The highest BCUT2D eigenvalue weighted by molar-refractivity contribution is 7.15. The number of rotatable bonds is 5. The van der Waals surface area contributed by atoms with E-state index in [-0.39, 0.29) is 23.6 Å². The maximum Gasteiger partial charge on any atom is 0.308 e. The highest BCUT2D eigenvalue weighted by atomic mass is 32.1. The molecule has 0 bridgehead atoms. The lowest BCUT2D eigenvalue weighted by Gasteiger charge is -2.30. The number of esters is 1. The Hall–Kier alpha value is -2.74. The number of aromatic nitrogens is 2. The quantitative estimate of drug-likeness (QED) is 0.598. The molecule has 8 heteroatoms. The van der Waals surface area contributed by atoms with Gasteiger partial charge in [0.2, 0.25) is 5.91 Å². The number of imidazole rings is 1. The van der Waals surface area contributed by atoms with Gasteiger partial charge < -0.3 is 9.64 Å². The Kier molecular flexibility index (Phi) is 5.62. The van der Waals surface area contributed by atoms with Gasteiger partial charge in [-0.2, -0.15) is 0 Å². The molecule has 0 unspecified atom stereocenters. The standard InChI is InChI=1S/C21H22FN3O3S/c1-28-20(27)14-8-10-24(11-9-14)19(26)7-6-15-13-29-21-23-18(12-25(15)21)16-4-2-3-5-17(16)22/h2-5,12-14H,6-11H2,1H3. The van der Waals surface area contributed by atoms with Gasteiger partial charge in [-0.25, -0.2) is 9.37 Å². The van der Waals surface area contributed by atoms with Crippen LogP contribution in [0.3, 0.4) is 0 Å². The van der Waals surface area contributed by atoms with E-state index in [0.29, 0.717) is 50.0 Å². The van der Waals surface area contributed by atoms with Crippen molar-refractivity contribution in [2.45, 2.75) is 25.7 Å². The summed E-state index contributed by atoms with van der Waals surface area (Å²) in [6.45, 7) is 1.17. The molecular formula is C21H22FN3O3S. The van der Waals surface area contributed by atoms with Crippen LogP contribution in [0.15, 0.2) is 35.8 Å². The highest BCUT2D eigenvalue weighted by Gasteiger charge is 2.27. The van der Waals surface area contributed by atoms with Crippen molar-refractivity contribution in [3.8, 4) is 11.3 Å². The number of carbonyl (C=O) groups is 2. The zero-order valence-corrected chi connectivity index (χ0v) is 17.0. The minimum Gasteiger partial charge on any atom is -0.469 e. The van der Waals surface area contributed by atoms with Crippen LogP contribution in [-0.4, -0.2) is 46.4 Å². The molecule has 3 heterocycles. The monoisotopic (exact) mass is 415 g/mol. The Morgan fingerprint density at radius 1 is 1.28 bits per heavy atom. The van der Waals surface area contributed by atoms with E-state index in [1.54, 1.807) is 18.2 Å². The van der Waals surface area contributed by atoms with E-state index < -0.39 is 0 Å². The summed E-state index contributed by atoms with van der Waals surface area (Å²) < 4.78 is 20.8. The first-order valence-corrected chi connectivity index (χ1v) is 10.5. The van der Waals surface area contributed by atoms with E-state index >= 15 is 0 Å². The van der Waals surface area contributed by atoms with Crippen molar-refractivity contribution in [1.82, 2.24) is 14.3 Å². The van der Waals surface area contributed by atoms with Gasteiger partial charge in [0.25, 0.3) is 0 Å². The van der Waals surface area contributed by atoms with Crippen LogP contribution in [0.2, 0.25) is 0 Å². The number of methoxy groups -OCH3 is 1. The molecule has 1 aromatic carbocycles. The number of halogens is 1. The molecule has 0 N–H and O–H groups in total. The van der Waals surface area contributed by atoms with Crippen LogP contribution in [0.25, 0.3) is 16.2 Å². The first-order chi connectivity index (χ1) is 14.1. The first-order valence-electron chi connectivity index (χ1n) is 9.63. The van der Waals surface area contributed by atoms with E-state index in [1.807, 2.05) is 20.9 Å². The number of likely N-dealkylation sites (tertiary alicyclic amines) is 1. The molecule has 1 aliphatic rings. The Labute approximate surface area is 171 Å². The molecule has 6 nitrogen and oxygen atoms in total. The summed E-state index contributed by atoms with van der Waals surface area (Å²) in [5.41, 5.74) is 2.05. The van der Waals surface area contributed by atoms with Crippen molar-refractivity contribution in [2.24, 2.45) is 5.92 Å². The minimum atomic E-state index is -0.301. The Morgan fingerprint density at radius 3 is 2.76 bits per heavy atom. The van der Waals surface area contributed by atoms with E-state index in [9.17, 15) is 14.0 Å². The average Bonchev–Trinajstić information content (AvgIpc) is 3.33. The van der Waals surface area contributed by atoms with Crippen LogP contribution in [0.4, 0.5) is 4.39 Å². The molecule has 152 valence electrons. The lowest BCUT2D eigenvalue weighted by molar-refractivity contribution is -0.148. The van der Waals surface area contributed by atoms with Gasteiger partial charge in [-0.3, -0.25) is 14.0 Å². The first kappa shape index (κ1) is 19.6. The molecular weight excluding hydrogens is 393 g/mol. The van der Waals surface area contributed by atoms with Crippen molar-refractivity contribution in [3.63, 3.8) is 0 Å². The Morgan fingerprint density at radius 2 is 2.03 bits per heavy atom. The summed E-state index contributed by atoms with van der Waals surface area (Å²) in [6.07, 6.45) is 4.10. The van der Waals surface area contributed by atoms with Crippen molar-refractivity contribution >= 4 is 28.2 Å². The molecule has 29 heavy (non-hydrogen) atoms. The summed E-state index contributed by atoms with van der Waals surface area (Å²) in [5, 5.41) is 1.99. The summed E-state index contributed by atoms with van der Waals surface area (Å²) in [6, 6.07) is 6.58. The van der Waals surface area contributed by atoms with Crippen LogP contribution in [0.1, 0.15) is 25.0 Å². The van der Waals surface area contributed by atoms with Crippen LogP contribution in [0.5, 0.6) is 0 Å². The van der Waals surface area contributed by atoms with Crippen molar-refractivity contribution in [2.75, 3.05) is 20.2 Å². The molecule has 0 spiro atoms. The van der Waals surface area contributed by atoms with Gasteiger partial charge in [-0.1, -0.05) is 12.1 Å². The summed E-state index contributed by atoms with van der Waals surface area (Å²) in [5.74, 6) is -0.515. The number of hydrogen-bond donors (Lipinski definition) is 0. The number of hydrogen-bond acceptors (Lipinski definition) is 5. The van der Waals surface area contributed by atoms with Gasteiger partial charge in [0.15, 0.2) is 4.96 Å². The molecule has 3 aromatic rings. The van der Waals surface area contributed by atoms with Crippen molar-refractivity contribution < 1.29 is 18.7 Å². The number of thiazole rings is 1. The number of piperidine rings is 1. The second-order valence-electron chi connectivity index (χ2n) is 7.16. The number of benzene rings is 1. The Bertz CT molecular complexity index is 1040. The predicted octanol–water partition coefficient (Wildman–Crippen LogP) is 3.55. The molecule has 0 atom stereocenters. The molecule has 4 rings (SSSR count). The third kappa shape index (κ3) is 4.03. The number of nitrogens with zero attached hydrogens (tertiary/aromatic N) is 3. The largest absolute Gasteiger partial charge is 0.469 e. The van der Waals surface area contributed by atoms with Gasteiger partial charge in [0.05, 0.1) is 18.7 Å². The fourth-order valence-electron chi connectivity index (χ4n) is 3.73. The van der Waals surface area contributed by atoms with Crippen LogP contribution < -0.4 is 0 Å². The summed E-state index contributed by atoms with van der Waals surface area (Å²) in [7, 11) is 1.40. The lowest BCUT2D eigenvalue weighted by Crippen LogP contribution is -2.40. The maximum atomic E-state index is 14.0. The molecule has 1 amide bonds. The molecule has 0 saturated carbocycles. The number of aryl methyl sites for hydroxylation is 1. The smallest absolute Gasteiger partial charge is 0.308 e. The average molecular weight is 415 g/mol. The minimum absolute atomic E-state index is 0.0853. The van der Waals surface area contributed by atoms with Crippen molar-refractivity contribution in [1.29, 1.82) is 0 Å². The van der Waals surface area contributed by atoms with Gasteiger partial charge >= 0.3 is 5.97 Å². The van der Waals surface area contributed by atoms with Crippen LogP contribution in [0, 0.1) is 11.7 Å². The summed E-state index contributed by atoms with van der Waals surface area (Å²) >= 11 is 1.48. The van der Waals surface area contributed by atoms with Crippen molar-refractivity contribution in [3.05, 3.63) is 47.4 Å². The fourth-order valence-corrected chi connectivity index (χ4v) is 4.64. The van der Waals surface area contributed by atoms with Gasteiger partial charge in [-0.15, -0.1) is 11.3 Å². The molecule has 1 fully saturated rings. The van der Waals surface area contributed by atoms with Gasteiger partial charge in [0.1, 0.15) is 5.82 Å². The van der Waals surface area contributed by atoms with Crippen LogP contribution in [-0.2, 0) is 20.7 Å². The fraction of sp³-hybridized carbons (Fsp3) is 0.381. The zero-order chi connectivity index (χ0) is 20.4. The highest BCUT2D eigenvalue weighted by Crippen LogP contribution is 2.26. The Balaban J connectivity index is 1.39. The molecule has 0 aliphatic carbocycles. The van der Waals surface area contributed by atoms with Crippen LogP contribution >= 0.6 is 11.3 Å². The summed E-state index contributed by atoms with van der Waals surface area (Å²) in [4.78, 5) is 31.3. The number of ether oxygens (including phenoxy) is 1. The molecule has 1 aliphatic heterocycles. The van der Waals surface area contributed by atoms with Gasteiger partial charge in [0, 0.05) is 42.3 Å². The third-order valence-electron chi connectivity index (χ3n) is 5.41. The number of carbonyl (C=O) groups excluding carboxylic acids is 2.